The lowest BCUT2D eigenvalue weighted by Gasteiger charge is -2.13. The molecule has 0 aliphatic heterocycles. The fraction of sp³-hybridized carbons (Fsp3) is 0.333. The van der Waals surface area contributed by atoms with Crippen LogP contribution in [0.25, 0.3) is 0 Å². The second-order valence-corrected chi connectivity index (χ2v) is 4.76. The van der Waals surface area contributed by atoms with Gasteiger partial charge in [-0.05, 0) is 24.7 Å². The Kier molecular flexibility index (Phi) is 3.67. The highest BCUT2D eigenvalue weighted by molar-refractivity contribution is 7.86. The van der Waals surface area contributed by atoms with Crippen LogP contribution in [0.3, 0.4) is 0 Å². The third-order valence-corrected chi connectivity index (χ3v) is 3.15. The van der Waals surface area contributed by atoms with E-state index in [4.69, 9.17) is 4.55 Å². The number of nitrogens with one attached hydrogen (secondary N) is 1. The van der Waals surface area contributed by atoms with Crippen LogP contribution in [0.4, 0.5) is 0 Å². The average Bonchev–Trinajstić information content (AvgIpc) is 2.12. The predicted molar refractivity (Wildman–Crippen MR) is 56.3 cm³/mol. The largest absolute Gasteiger partial charge is 0.508 e. The van der Waals surface area contributed by atoms with Gasteiger partial charge in [0.25, 0.3) is 10.1 Å². The number of aromatic hydroxyl groups is 1. The lowest BCUT2D eigenvalue weighted by atomic mass is 10.1. The second kappa shape index (κ2) is 4.61. The first kappa shape index (κ1) is 12.0. The van der Waals surface area contributed by atoms with Crippen molar-refractivity contribution in [1.29, 1.82) is 0 Å². The minimum atomic E-state index is -4.17. The Bertz CT molecular complexity index is 429. The first-order valence-electron chi connectivity index (χ1n) is 4.35. The van der Waals surface area contributed by atoms with E-state index >= 15 is 0 Å². The molecule has 1 rings (SSSR count). The van der Waals surface area contributed by atoms with E-state index in [2.05, 4.69) is 5.32 Å². The minimum absolute atomic E-state index is 0.0303. The molecule has 84 valence electrons. The predicted octanol–water partition coefficient (Wildman–Crippen LogP) is 0.540. The molecule has 6 heteroatoms. The summed E-state index contributed by atoms with van der Waals surface area (Å²) in [6.07, 6.45) is 0. The fourth-order valence-corrected chi connectivity index (χ4v) is 2.17. The van der Waals surface area contributed by atoms with Gasteiger partial charge in [-0.25, -0.2) is 0 Å². The molecule has 0 fully saturated rings. The highest BCUT2D eigenvalue weighted by Crippen LogP contribution is 2.23. The summed E-state index contributed by atoms with van der Waals surface area (Å²) in [5, 5.41) is 10.8. The number of phenols is 1. The molecule has 0 heterocycles. The summed E-state index contributed by atoms with van der Waals surface area (Å²) in [6, 6.07) is 5.81. The zero-order valence-corrected chi connectivity index (χ0v) is 9.03. The molecule has 0 saturated heterocycles. The Morgan fingerprint density at radius 2 is 2.13 bits per heavy atom. The summed E-state index contributed by atoms with van der Waals surface area (Å²) in [5.74, 6) is -0.0303. The van der Waals surface area contributed by atoms with Crippen molar-refractivity contribution in [3.05, 3.63) is 29.8 Å². The Morgan fingerprint density at radius 1 is 1.47 bits per heavy atom. The molecule has 0 radical (unpaired) electrons. The first-order valence-corrected chi connectivity index (χ1v) is 5.85. The van der Waals surface area contributed by atoms with E-state index in [1.54, 1.807) is 7.05 Å². The highest BCUT2D eigenvalue weighted by atomic mass is 32.2. The van der Waals surface area contributed by atoms with Crippen molar-refractivity contribution >= 4 is 10.1 Å². The third kappa shape index (κ3) is 3.19. The number of phenolic OH excluding ortho intramolecular Hbond substituents is 1. The molecule has 0 amide bonds. The normalized spacial score (nSPS) is 13.7. The van der Waals surface area contributed by atoms with E-state index in [-0.39, 0.29) is 12.3 Å². The Balaban J connectivity index is 3.10. The van der Waals surface area contributed by atoms with E-state index in [1.165, 1.54) is 24.3 Å². The molecule has 5 nitrogen and oxygen atoms in total. The molecular formula is C9H13NO4S. The lowest BCUT2D eigenvalue weighted by molar-refractivity contribution is 0.463. The Labute approximate surface area is 88.5 Å². The molecule has 1 atom stereocenters. The molecule has 0 spiro atoms. The van der Waals surface area contributed by atoms with Gasteiger partial charge in [0.15, 0.2) is 0 Å². The van der Waals surface area contributed by atoms with Gasteiger partial charge in [0.05, 0.1) is 0 Å². The molecule has 3 N–H and O–H groups in total. The molecule has 15 heavy (non-hydrogen) atoms. The topological polar surface area (TPSA) is 86.6 Å². The molecule has 0 aliphatic rings. The van der Waals surface area contributed by atoms with Gasteiger partial charge in [-0.2, -0.15) is 8.42 Å². The highest BCUT2D eigenvalue weighted by Gasteiger charge is 2.24. The molecule has 0 saturated carbocycles. The van der Waals surface area contributed by atoms with Gasteiger partial charge in [0.2, 0.25) is 0 Å². The van der Waals surface area contributed by atoms with Crippen LogP contribution in [0.5, 0.6) is 5.75 Å². The van der Waals surface area contributed by atoms with E-state index in [9.17, 15) is 13.5 Å². The van der Waals surface area contributed by atoms with E-state index in [0.29, 0.717) is 5.56 Å². The van der Waals surface area contributed by atoms with Gasteiger partial charge in [-0.1, -0.05) is 12.1 Å². The average molecular weight is 231 g/mol. The molecule has 1 aromatic carbocycles. The van der Waals surface area contributed by atoms with Crippen molar-refractivity contribution in [2.75, 3.05) is 13.6 Å². The van der Waals surface area contributed by atoms with Crippen LogP contribution < -0.4 is 5.32 Å². The quantitative estimate of drug-likeness (QED) is 0.658. The lowest BCUT2D eigenvalue weighted by Crippen LogP contribution is -2.24. The van der Waals surface area contributed by atoms with Crippen molar-refractivity contribution in [2.45, 2.75) is 5.25 Å². The SMILES string of the molecule is CNC[C@H](c1cccc(O)c1)S(=O)(=O)O. The summed E-state index contributed by atoms with van der Waals surface area (Å²) in [6.45, 7) is 0.0856. The number of rotatable bonds is 4. The maximum absolute atomic E-state index is 11.1. The first-order chi connectivity index (χ1) is 6.95. The Morgan fingerprint density at radius 3 is 2.60 bits per heavy atom. The van der Waals surface area contributed by atoms with Gasteiger partial charge in [-0.3, -0.25) is 4.55 Å². The zero-order valence-electron chi connectivity index (χ0n) is 8.21. The van der Waals surface area contributed by atoms with Gasteiger partial charge >= 0.3 is 0 Å². The molecule has 0 aromatic heterocycles. The van der Waals surface area contributed by atoms with Gasteiger partial charge in [0.1, 0.15) is 11.0 Å². The van der Waals surface area contributed by atoms with Crippen molar-refractivity contribution in [1.82, 2.24) is 5.32 Å². The number of hydrogen-bond donors (Lipinski definition) is 3. The zero-order chi connectivity index (χ0) is 11.5. The van der Waals surface area contributed by atoms with E-state index in [0.717, 1.165) is 0 Å². The molecule has 0 bridgehead atoms. The van der Waals surface area contributed by atoms with E-state index in [1.807, 2.05) is 0 Å². The number of benzene rings is 1. The van der Waals surface area contributed by atoms with Crippen molar-refractivity contribution in [3.8, 4) is 5.75 Å². The molecule has 0 unspecified atom stereocenters. The van der Waals surface area contributed by atoms with E-state index < -0.39 is 15.4 Å². The maximum Gasteiger partial charge on any atom is 0.273 e. The van der Waals surface area contributed by atoms with Crippen LogP contribution in [0, 0.1) is 0 Å². The van der Waals surface area contributed by atoms with Crippen LogP contribution >= 0.6 is 0 Å². The van der Waals surface area contributed by atoms with Gasteiger partial charge in [-0.15, -0.1) is 0 Å². The Hall–Kier alpha value is -1.11. The second-order valence-electron chi connectivity index (χ2n) is 3.16. The summed E-state index contributed by atoms with van der Waals surface area (Å²) in [4.78, 5) is 0. The van der Waals surface area contributed by atoms with Gasteiger partial charge in [0, 0.05) is 6.54 Å². The van der Waals surface area contributed by atoms with Crippen molar-refractivity contribution < 1.29 is 18.1 Å². The van der Waals surface area contributed by atoms with Crippen LogP contribution in [-0.4, -0.2) is 31.7 Å². The molecule has 1 aromatic rings. The number of hydrogen-bond acceptors (Lipinski definition) is 4. The summed E-state index contributed by atoms with van der Waals surface area (Å²) in [7, 11) is -2.59. The van der Waals surface area contributed by atoms with Crippen molar-refractivity contribution in [3.63, 3.8) is 0 Å². The van der Waals surface area contributed by atoms with Crippen molar-refractivity contribution in [2.24, 2.45) is 0 Å². The molecular weight excluding hydrogens is 218 g/mol. The van der Waals surface area contributed by atoms with Crippen LogP contribution in [0.1, 0.15) is 10.8 Å². The van der Waals surface area contributed by atoms with Gasteiger partial charge < -0.3 is 10.4 Å². The third-order valence-electron chi connectivity index (χ3n) is 1.99. The standard InChI is InChI=1S/C9H13NO4S/c1-10-6-9(15(12,13)14)7-3-2-4-8(11)5-7/h2-5,9-11H,6H2,1H3,(H,12,13,14)/t9-/m1/s1. The summed E-state index contributed by atoms with van der Waals surface area (Å²) in [5.41, 5.74) is 0.354. The van der Waals surface area contributed by atoms with Crippen LogP contribution in [0.2, 0.25) is 0 Å². The maximum atomic E-state index is 11.1. The molecule has 0 aliphatic carbocycles. The number of likely N-dealkylation sites (N-methyl/N-ethyl adjacent to an activating group) is 1. The van der Waals surface area contributed by atoms with Crippen LogP contribution in [0.15, 0.2) is 24.3 Å². The minimum Gasteiger partial charge on any atom is -0.508 e. The summed E-state index contributed by atoms with van der Waals surface area (Å²) >= 11 is 0. The smallest absolute Gasteiger partial charge is 0.273 e. The monoisotopic (exact) mass is 231 g/mol. The fourth-order valence-electron chi connectivity index (χ4n) is 1.31. The van der Waals surface area contributed by atoms with Crippen LogP contribution in [-0.2, 0) is 10.1 Å². The summed E-state index contributed by atoms with van der Waals surface area (Å²) < 4.78 is 31.1.